The maximum absolute atomic E-state index is 13.4. The molecule has 0 aromatic heterocycles. The van der Waals surface area contributed by atoms with Crippen molar-refractivity contribution < 1.29 is 17.9 Å². The second kappa shape index (κ2) is 10.4. The van der Waals surface area contributed by atoms with Gasteiger partial charge in [-0.25, -0.2) is 8.42 Å². The minimum atomic E-state index is -3.78. The van der Waals surface area contributed by atoms with Gasteiger partial charge >= 0.3 is 0 Å². The number of nitrogens with zero attached hydrogens (tertiary/aromatic N) is 1. The minimum Gasteiger partial charge on any atom is -0.495 e. The van der Waals surface area contributed by atoms with Crippen molar-refractivity contribution in [3.8, 4) is 5.75 Å². The molecule has 1 fully saturated rings. The number of carbonyl (C=O) groups is 1. The number of sulfonamides is 1. The number of benzene rings is 2. The van der Waals surface area contributed by atoms with Gasteiger partial charge in [-0.05, 0) is 73.6 Å². The topological polar surface area (TPSA) is 75.7 Å². The molecule has 2 aromatic carbocycles. The first-order chi connectivity index (χ1) is 15.2. The lowest BCUT2D eigenvalue weighted by Gasteiger charge is -2.32. The second-order valence-corrected chi connectivity index (χ2v) is 11.0. The van der Waals surface area contributed by atoms with E-state index in [1.807, 2.05) is 25.1 Å². The molecular weight excluding hydrogens is 492 g/mol. The average Bonchev–Trinajstić information content (AvgIpc) is 2.79. The van der Waals surface area contributed by atoms with E-state index in [-0.39, 0.29) is 17.3 Å². The molecule has 0 spiro atoms. The lowest BCUT2D eigenvalue weighted by Crippen LogP contribution is -2.43. The van der Waals surface area contributed by atoms with Crippen molar-refractivity contribution in [1.29, 1.82) is 0 Å². The van der Waals surface area contributed by atoms with Crippen LogP contribution in [0.25, 0.3) is 0 Å². The zero-order chi connectivity index (χ0) is 23.5. The van der Waals surface area contributed by atoms with Gasteiger partial charge in [-0.15, -0.1) is 0 Å². The molecule has 1 N–H and O–H groups in total. The quantitative estimate of drug-likeness (QED) is 0.559. The SMILES string of the molecule is CCc1cc(Br)cc(CC)c1NC(=O)[C@@H]1CCCN(S(=O)(=O)c2cc(C)ccc2OC)C1. The maximum atomic E-state index is 13.4. The largest absolute Gasteiger partial charge is 0.495 e. The van der Waals surface area contributed by atoms with E-state index in [0.717, 1.165) is 39.7 Å². The summed E-state index contributed by atoms with van der Waals surface area (Å²) in [5, 5.41) is 3.12. The molecule has 1 saturated heterocycles. The van der Waals surface area contributed by atoms with Crippen LogP contribution in [0, 0.1) is 12.8 Å². The van der Waals surface area contributed by atoms with Crippen LogP contribution in [0.3, 0.4) is 0 Å². The Labute approximate surface area is 199 Å². The van der Waals surface area contributed by atoms with Gasteiger partial charge in [-0.2, -0.15) is 4.31 Å². The number of hydrogen-bond donors (Lipinski definition) is 1. The van der Waals surface area contributed by atoms with Gasteiger partial charge in [0, 0.05) is 23.2 Å². The molecule has 1 aliphatic heterocycles. The molecule has 0 unspecified atom stereocenters. The Morgan fingerprint density at radius 1 is 1.19 bits per heavy atom. The van der Waals surface area contributed by atoms with Crippen LogP contribution in [0.4, 0.5) is 5.69 Å². The lowest BCUT2D eigenvalue weighted by atomic mass is 9.97. The van der Waals surface area contributed by atoms with Gasteiger partial charge in [-0.1, -0.05) is 35.8 Å². The monoisotopic (exact) mass is 522 g/mol. The van der Waals surface area contributed by atoms with Crippen LogP contribution in [0.1, 0.15) is 43.4 Å². The Morgan fingerprint density at radius 3 is 2.44 bits per heavy atom. The predicted molar refractivity (Wildman–Crippen MR) is 131 cm³/mol. The van der Waals surface area contributed by atoms with E-state index in [9.17, 15) is 13.2 Å². The van der Waals surface area contributed by atoms with Crippen LogP contribution in [-0.2, 0) is 27.7 Å². The van der Waals surface area contributed by atoms with E-state index in [0.29, 0.717) is 25.1 Å². The Balaban J connectivity index is 1.84. The van der Waals surface area contributed by atoms with Crippen molar-refractivity contribution in [3.63, 3.8) is 0 Å². The Kier molecular flexibility index (Phi) is 8.01. The number of nitrogens with one attached hydrogen (secondary N) is 1. The summed E-state index contributed by atoms with van der Waals surface area (Å²) in [5.41, 5.74) is 3.82. The first-order valence-electron chi connectivity index (χ1n) is 11.0. The number of methoxy groups -OCH3 is 1. The van der Waals surface area contributed by atoms with E-state index < -0.39 is 15.9 Å². The summed E-state index contributed by atoms with van der Waals surface area (Å²) in [4.78, 5) is 13.4. The molecule has 0 radical (unpaired) electrons. The number of carbonyl (C=O) groups excluding carboxylic acids is 1. The molecule has 0 bridgehead atoms. The molecule has 3 rings (SSSR count). The molecule has 1 amide bonds. The van der Waals surface area contributed by atoms with Gasteiger partial charge in [0.25, 0.3) is 0 Å². The van der Waals surface area contributed by atoms with Crippen LogP contribution in [0.5, 0.6) is 5.75 Å². The van der Waals surface area contributed by atoms with E-state index in [1.54, 1.807) is 12.1 Å². The maximum Gasteiger partial charge on any atom is 0.246 e. The van der Waals surface area contributed by atoms with Crippen molar-refractivity contribution in [1.82, 2.24) is 4.31 Å². The summed E-state index contributed by atoms with van der Waals surface area (Å²) in [7, 11) is -2.31. The molecule has 32 heavy (non-hydrogen) atoms. The second-order valence-electron chi connectivity index (χ2n) is 8.15. The van der Waals surface area contributed by atoms with Crippen molar-refractivity contribution in [3.05, 3.63) is 51.5 Å². The normalized spacial score (nSPS) is 17.2. The summed E-state index contributed by atoms with van der Waals surface area (Å²) in [6.45, 7) is 6.51. The highest BCUT2D eigenvalue weighted by Crippen LogP contribution is 2.32. The Morgan fingerprint density at radius 2 is 1.84 bits per heavy atom. The van der Waals surface area contributed by atoms with Crippen molar-refractivity contribution in [2.75, 3.05) is 25.5 Å². The van der Waals surface area contributed by atoms with Crippen LogP contribution >= 0.6 is 15.9 Å². The third kappa shape index (κ3) is 5.18. The van der Waals surface area contributed by atoms with Gasteiger partial charge < -0.3 is 10.1 Å². The molecule has 6 nitrogen and oxygen atoms in total. The van der Waals surface area contributed by atoms with Crippen LogP contribution in [-0.4, -0.2) is 38.8 Å². The minimum absolute atomic E-state index is 0.132. The summed E-state index contributed by atoms with van der Waals surface area (Å²) < 4.78 is 34.5. The van der Waals surface area contributed by atoms with Gasteiger partial charge in [0.15, 0.2) is 0 Å². The molecule has 0 saturated carbocycles. The number of amides is 1. The number of piperidine rings is 1. The highest BCUT2D eigenvalue weighted by atomic mass is 79.9. The molecule has 0 aliphatic carbocycles. The Hall–Kier alpha value is -1.90. The van der Waals surface area contributed by atoms with Crippen LogP contribution < -0.4 is 10.1 Å². The fourth-order valence-electron chi connectivity index (χ4n) is 4.17. The fraction of sp³-hybridized carbons (Fsp3) is 0.458. The third-order valence-electron chi connectivity index (χ3n) is 5.97. The highest BCUT2D eigenvalue weighted by molar-refractivity contribution is 9.10. The molecular formula is C24H31BrN2O4S. The van der Waals surface area contributed by atoms with E-state index >= 15 is 0 Å². The standard InChI is InChI=1S/C24H31BrN2O4S/c1-5-17-13-20(25)14-18(6-2)23(17)26-24(28)19-8-7-11-27(15-19)32(29,30)22-12-16(3)9-10-21(22)31-4/h9-10,12-14,19H,5-8,11,15H2,1-4H3,(H,26,28)/t19-/m1/s1. The molecule has 2 aromatic rings. The van der Waals surface area contributed by atoms with Gasteiger partial charge in [0.05, 0.1) is 13.0 Å². The number of aryl methyl sites for hydroxylation is 3. The van der Waals surface area contributed by atoms with Gasteiger partial charge in [-0.3, -0.25) is 4.79 Å². The van der Waals surface area contributed by atoms with Crippen molar-refractivity contribution in [2.24, 2.45) is 5.92 Å². The predicted octanol–water partition coefficient (Wildman–Crippen LogP) is 4.93. The molecule has 8 heteroatoms. The van der Waals surface area contributed by atoms with Crippen LogP contribution in [0.15, 0.2) is 39.7 Å². The van der Waals surface area contributed by atoms with E-state index in [1.165, 1.54) is 11.4 Å². The number of anilines is 1. The summed E-state index contributed by atoms with van der Waals surface area (Å²) in [5.74, 6) is -0.225. The van der Waals surface area contributed by atoms with Gasteiger partial charge in [0.1, 0.15) is 10.6 Å². The zero-order valence-corrected chi connectivity index (χ0v) is 21.5. The van der Waals surface area contributed by atoms with Crippen molar-refractivity contribution in [2.45, 2.75) is 51.3 Å². The molecule has 1 heterocycles. The Bertz CT molecular complexity index is 1080. The van der Waals surface area contributed by atoms with E-state index in [4.69, 9.17) is 4.74 Å². The first-order valence-corrected chi connectivity index (χ1v) is 13.2. The smallest absolute Gasteiger partial charge is 0.246 e. The number of ether oxygens (including phenoxy) is 1. The highest BCUT2D eigenvalue weighted by Gasteiger charge is 2.35. The zero-order valence-electron chi connectivity index (χ0n) is 19.1. The molecule has 174 valence electrons. The summed E-state index contributed by atoms with van der Waals surface area (Å²) in [6, 6.07) is 9.16. The average molecular weight is 523 g/mol. The third-order valence-corrected chi connectivity index (χ3v) is 8.31. The first kappa shape index (κ1) is 24.7. The van der Waals surface area contributed by atoms with E-state index in [2.05, 4.69) is 35.1 Å². The van der Waals surface area contributed by atoms with Gasteiger partial charge in [0.2, 0.25) is 15.9 Å². The molecule has 1 aliphatic rings. The van der Waals surface area contributed by atoms with Crippen molar-refractivity contribution >= 4 is 37.5 Å². The number of rotatable bonds is 7. The molecule has 1 atom stereocenters. The number of halogens is 1. The van der Waals surface area contributed by atoms with Crippen LogP contribution in [0.2, 0.25) is 0 Å². The number of hydrogen-bond acceptors (Lipinski definition) is 4. The summed E-state index contributed by atoms with van der Waals surface area (Å²) >= 11 is 3.54. The fourth-order valence-corrected chi connectivity index (χ4v) is 6.48. The lowest BCUT2D eigenvalue weighted by molar-refractivity contribution is -0.120. The summed E-state index contributed by atoms with van der Waals surface area (Å²) in [6.07, 6.45) is 2.87.